The Hall–Kier alpha value is -1.42. The second kappa shape index (κ2) is 7.39. The maximum absolute atomic E-state index is 12.2. The van der Waals surface area contributed by atoms with Gasteiger partial charge in [-0.3, -0.25) is 4.90 Å². The van der Waals surface area contributed by atoms with Crippen LogP contribution in [0.25, 0.3) is 0 Å². The van der Waals surface area contributed by atoms with Crippen LogP contribution in [0.2, 0.25) is 0 Å². The highest BCUT2D eigenvalue weighted by molar-refractivity contribution is 7.91. The van der Waals surface area contributed by atoms with Crippen LogP contribution in [0.15, 0.2) is 29.2 Å². The van der Waals surface area contributed by atoms with Gasteiger partial charge in [-0.15, -0.1) is 0 Å². The fourth-order valence-corrected chi connectivity index (χ4v) is 3.17. The number of hydrogen-bond acceptors (Lipinski definition) is 5. The molecule has 0 saturated heterocycles. The summed E-state index contributed by atoms with van der Waals surface area (Å²) in [6.07, 6.45) is 0. The number of benzene rings is 1. The monoisotopic (exact) mass is 296 g/mol. The van der Waals surface area contributed by atoms with Gasteiger partial charge in [0.05, 0.1) is 28.9 Å². The topological polar surface area (TPSA) is 81.4 Å². The lowest BCUT2D eigenvalue weighted by molar-refractivity contribution is 0.173. The minimum Gasteiger partial charge on any atom is -0.395 e. The Balaban J connectivity index is 2.82. The van der Waals surface area contributed by atoms with Gasteiger partial charge in [0.25, 0.3) is 0 Å². The molecule has 6 heteroatoms. The minimum atomic E-state index is -3.41. The molecule has 5 nitrogen and oxygen atoms in total. The fourth-order valence-electron chi connectivity index (χ4n) is 1.87. The van der Waals surface area contributed by atoms with Crippen molar-refractivity contribution in [2.45, 2.75) is 24.8 Å². The van der Waals surface area contributed by atoms with Gasteiger partial charge >= 0.3 is 0 Å². The predicted molar refractivity (Wildman–Crippen MR) is 77.0 cm³/mol. The van der Waals surface area contributed by atoms with Crippen LogP contribution in [-0.4, -0.2) is 49.9 Å². The number of aliphatic hydroxyl groups excluding tert-OH is 1. The van der Waals surface area contributed by atoms with Gasteiger partial charge in [-0.05, 0) is 32.0 Å². The maximum Gasteiger partial charge on any atom is 0.179 e. The van der Waals surface area contributed by atoms with E-state index >= 15 is 0 Å². The lowest BCUT2D eigenvalue weighted by Gasteiger charge is -2.25. The lowest BCUT2D eigenvalue weighted by atomic mass is 10.2. The van der Waals surface area contributed by atoms with Gasteiger partial charge in [0.2, 0.25) is 0 Å². The number of nitrogens with zero attached hydrogens (tertiary/aromatic N) is 2. The van der Waals surface area contributed by atoms with Crippen molar-refractivity contribution < 1.29 is 13.5 Å². The zero-order chi connectivity index (χ0) is 15.2. The van der Waals surface area contributed by atoms with Gasteiger partial charge in [-0.2, -0.15) is 5.26 Å². The van der Waals surface area contributed by atoms with Crippen molar-refractivity contribution in [3.05, 3.63) is 29.8 Å². The quantitative estimate of drug-likeness (QED) is 0.813. The predicted octanol–water partition coefficient (Wildman–Crippen LogP) is 1.03. The summed E-state index contributed by atoms with van der Waals surface area (Å²) < 4.78 is 24.5. The van der Waals surface area contributed by atoms with Crippen LogP contribution in [0.5, 0.6) is 0 Å². The maximum atomic E-state index is 12.2. The van der Waals surface area contributed by atoms with Gasteiger partial charge in [-0.25, -0.2) is 8.42 Å². The molecule has 1 rings (SSSR count). The molecule has 1 aromatic rings. The summed E-state index contributed by atoms with van der Waals surface area (Å²) in [5, 5.41) is 17.8. The van der Waals surface area contributed by atoms with Crippen LogP contribution >= 0.6 is 0 Å². The summed E-state index contributed by atoms with van der Waals surface area (Å²) >= 11 is 0. The molecule has 0 saturated carbocycles. The summed E-state index contributed by atoms with van der Waals surface area (Å²) in [7, 11) is -3.41. The minimum absolute atomic E-state index is 0.00213. The Morgan fingerprint density at radius 2 is 2.05 bits per heavy atom. The van der Waals surface area contributed by atoms with Crippen molar-refractivity contribution in [1.29, 1.82) is 5.26 Å². The summed E-state index contributed by atoms with van der Waals surface area (Å²) in [6.45, 7) is 4.72. The van der Waals surface area contributed by atoms with E-state index in [1.165, 1.54) is 12.1 Å². The van der Waals surface area contributed by atoms with E-state index in [-0.39, 0.29) is 23.3 Å². The first-order valence-corrected chi connectivity index (χ1v) is 8.13. The first-order valence-electron chi connectivity index (χ1n) is 6.48. The van der Waals surface area contributed by atoms with Crippen LogP contribution < -0.4 is 0 Å². The molecular formula is C14H20N2O3S. The third-order valence-electron chi connectivity index (χ3n) is 3.09. The zero-order valence-electron chi connectivity index (χ0n) is 11.8. The van der Waals surface area contributed by atoms with E-state index in [4.69, 9.17) is 10.4 Å². The largest absolute Gasteiger partial charge is 0.395 e. The standard InChI is InChI=1S/C14H20N2O3S/c1-12(2)16(6-8-17)7-9-20(18,19)14-5-3-4-13(10-14)11-15/h3-5,10,12,17H,6-9H2,1-2H3. The van der Waals surface area contributed by atoms with Gasteiger partial charge < -0.3 is 5.11 Å². The van der Waals surface area contributed by atoms with Crippen LogP contribution in [0.1, 0.15) is 19.4 Å². The van der Waals surface area contributed by atoms with E-state index in [2.05, 4.69) is 0 Å². The SMILES string of the molecule is CC(C)N(CCO)CCS(=O)(=O)c1cccc(C#N)c1. The summed E-state index contributed by atoms with van der Waals surface area (Å²) in [6, 6.07) is 8.14. The highest BCUT2D eigenvalue weighted by Gasteiger charge is 2.18. The summed E-state index contributed by atoms with van der Waals surface area (Å²) in [5.74, 6) is -0.0277. The van der Waals surface area contributed by atoms with Crippen molar-refractivity contribution in [3.8, 4) is 6.07 Å². The molecule has 0 aliphatic rings. The van der Waals surface area contributed by atoms with Gasteiger partial charge in [0.15, 0.2) is 9.84 Å². The molecule has 0 aromatic heterocycles. The highest BCUT2D eigenvalue weighted by Crippen LogP contribution is 2.13. The fraction of sp³-hybridized carbons (Fsp3) is 0.500. The summed E-state index contributed by atoms with van der Waals surface area (Å²) in [5.41, 5.74) is 0.335. The Morgan fingerprint density at radius 3 is 2.60 bits per heavy atom. The van der Waals surface area contributed by atoms with Crippen molar-refractivity contribution in [1.82, 2.24) is 4.90 Å². The second-order valence-corrected chi connectivity index (χ2v) is 6.92. The molecule has 1 aromatic carbocycles. The van der Waals surface area contributed by atoms with E-state index in [1.54, 1.807) is 12.1 Å². The first kappa shape index (κ1) is 16.6. The molecule has 0 unspecified atom stereocenters. The van der Waals surface area contributed by atoms with Crippen LogP contribution in [0.4, 0.5) is 0 Å². The molecule has 0 spiro atoms. The summed E-state index contributed by atoms with van der Waals surface area (Å²) in [4.78, 5) is 2.08. The van der Waals surface area contributed by atoms with Crippen molar-refractivity contribution in [2.24, 2.45) is 0 Å². The van der Waals surface area contributed by atoms with Crippen molar-refractivity contribution >= 4 is 9.84 Å². The molecule has 0 heterocycles. The van der Waals surface area contributed by atoms with Gasteiger partial charge in [-0.1, -0.05) is 6.07 Å². The van der Waals surface area contributed by atoms with Crippen LogP contribution in [-0.2, 0) is 9.84 Å². The number of nitriles is 1. The Labute approximate surface area is 120 Å². The van der Waals surface area contributed by atoms with Gasteiger partial charge in [0, 0.05) is 19.1 Å². The first-order chi connectivity index (χ1) is 9.40. The number of hydrogen-bond donors (Lipinski definition) is 1. The van der Waals surface area contributed by atoms with Gasteiger partial charge in [0.1, 0.15) is 0 Å². The molecule has 0 radical (unpaired) electrons. The van der Waals surface area contributed by atoms with E-state index in [9.17, 15) is 8.42 Å². The highest BCUT2D eigenvalue weighted by atomic mass is 32.2. The second-order valence-electron chi connectivity index (χ2n) is 4.81. The molecule has 0 atom stereocenters. The van der Waals surface area contributed by atoms with Crippen molar-refractivity contribution in [2.75, 3.05) is 25.4 Å². The molecule has 0 aliphatic heterocycles. The van der Waals surface area contributed by atoms with Crippen LogP contribution in [0, 0.1) is 11.3 Å². The molecule has 0 fully saturated rings. The van der Waals surface area contributed by atoms with Crippen LogP contribution in [0.3, 0.4) is 0 Å². The molecule has 1 N–H and O–H groups in total. The Morgan fingerprint density at radius 1 is 1.35 bits per heavy atom. The smallest absolute Gasteiger partial charge is 0.179 e. The molecule has 0 bridgehead atoms. The average Bonchev–Trinajstić information content (AvgIpc) is 2.43. The number of sulfone groups is 1. The number of aliphatic hydroxyl groups is 1. The molecule has 0 amide bonds. The third-order valence-corrected chi connectivity index (χ3v) is 4.78. The lowest BCUT2D eigenvalue weighted by Crippen LogP contribution is -2.37. The van der Waals surface area contributed by atoms with E-state index < -0.39 is 9.84 Å². The average molecular weight is 296 g/mol. The molecule has 20 heavy (non-hydrogen) atoms. The third kappa shape index (κ3) is 4.60. The Kier molecular flexibility index (Phi) is 6.14. The Bertz CT molecular complexity index is 576. The van der Waals surface area contributed by atoms with E-state index in [1.807, 2.05) is 24.8 Å². The molecule has 110 valence electrons. The molecule has 0 aliphatic carbocycles. The van der Waals surface area contributed by atoms with E-state index in [0.717, 1.165) is 0 Å². The number of rotatable bonds is 7. The molecular weight excluding hydrogens is 276 g/mol. The van der Waals surface area contributed by atoms with E-state index in [0.29, 0.717) is 18.7 Å². The van der Waals surface area contributed by atoms with Crippen molar-refractivity contribution in [3.63, 3.8) is 0 Å². The zero-order valence-corrected chi connectivity index (χ0v) is 12.6. The normalized spacial score (nSPS) is 11.8.